The van der Waals surface area contributed by atoms with Crippen molar-refractivity contribution in [3.63, 3.8) is 0 Å². The molecule has 134 valence electrons. The molecule has 0 saturated heterocycles. The van der Waals surface area contributed by atoms with Crippen LogP contribution in [0.4, 0.5) is 5.69 Å². The maximum absolute atomic E-state index is 12.1. The van der Waals surface area contributed by atoms with Gasteiger partial charge in [0.1, 0.15) is 5.76 Å². The predicted octanol–water partition coefficient (Wildman–Crippen LogP) is 3.19. The smallest absolute Gasteiger partial charge is 0.374 e. The fourth-order valence-corrected chi connectivity index (χ4v) is 2.57. The van der Waals surface area contributed by atoms with Gasteiger partial charge in [0, 0.05) is 0 Å². The average Bonchev–Trinajstić information content (AvgIpc) is 3.19. The minimum atomic E-state index is -0.679. The number of aromatic nitrogens is 2. The minimum absolute atomic E-state index is 0.0690. The van der Waals surface area contributed by atoms with Gasteiger partial charge in [-0.25, -0.2) is 9.48 Å². The van der Waals surface area contributed by atoms with E-state index in [9.17, 15) is 9.59 Å². The monoisotopic (exact) mass is 353 g/mol. The Morgan fingerprint density at radius 3 is 2.50 bits per heavy atom. The van der Waals surface area contributed by atoms with Crippen LogP contribution in [0.1, 0.15) is 27.7 Å². The van der Waals surface area contributed by atoms with Gasteiger partial charge in [0.25, 0.3) is 5.91 Å². The number of hydrogen-bond donors (Lipinski definition) is 1. The number of aryl methyl sites for hydroxylation is 2. The van der Waals surface area contributed by atoms with Crippen LogP contribution in [0.25, 0.3) is 5.69 Å². The summed E-state index contributed by atoms with van der Waals surface area (Å²) in [7, 11) is 0. The van der Waals surface area contributed by atoms with Crippen LogP contribution < -0.4 is 5.32 Å². The van der Waals surface area contributed by atoms with Crippen molar-refractivity contribution in [2.75, 3.05) is 11.9 Å². The molecule has 1 aromatic carbocycles. The van der Waals surface area contributed by atoms with Crippen LogP contribution in [0.2, 0.25) is 0 Å². The predicted molar refractivity (Wildman–Crippen MR) is 95.4 cm³/mol. The first-order valence-corrected chi connectivity index (χ1v) is 8.11. The van der Waals surface area contributed by atoms with Crippen LogP contribution in [0.5, 0.6) is 0 Å². The van der Waals surface area contributed by atoms with Gasteiger partial charge in [-0.15, -0.1) is 0 Å². The zero-order chi connectivity index (χ0) is 18.7. The summed E-state index contributed by atoms with van der Waals surface area (Å²) in [5.74, 6) is -0.456. The molecule has 3 aromatic rings. The minimum Gasteiger partial charge on any atom is -0.454 e. The Morgan fingerprint density at radius 1 is 1.12 bits per heavy atom. The first-order chi connectivity index (χ1) is 12.5. The van der Waals surface area contributed by atoms with E-state index >= 15 is 0 Å². The van der Waals surface area contributed by atoms with Gasteiger partial charge < -0.3 is 14.5 Å². The normalized spacial score (nSPS) is 10.6. The van der Waals surface area contributed by atoms with E-state index in [0.29, 0.717) is 17.1 Å². The molecule has 0 aliphatic carbocycles. The van der Waals surface area contributed by atoms with Crippen LogP contribution in [0.15, 0.2) is 46.9 Å². The summed E-state index contributed by atoms with van der Waals surface area (Å²) in [4.78, 5) is 24.0. The van der Waals surface area contributed by atoms with E-state index in [1.807, 2.05) is 37.3 Å². The molecule has 0 bridgehead atoms. The van der Waals surface area contributed by atoms with Gasteiger partial charge in [-0.1, -0.05) is 18.2 Å². The lowest BCUT2D eigenvalue weighted by molar-refractivity contribution is -0.119. The summed E-state index contributed by atoms with van der Waals surface area (Å²) < 4.78 is 11.9. The number of benzene rings is 1. The third kappa shape index (κ3) is 3.66. The number of furan rings is 1. The SMILES string of the molecule is Cc1ccc(C(=O)OCC(=O)Nc2c(C)nn(-c3ccccc3)c2C)o1. The zero-order valence-electron chi connectivity index (χ0n) is 14.8. The third-order valence-electron chi connectivity index (χ3n) is 3.83. The van der Waals surface area contributed by atoms with E-state index in [2.05, 4.69) is 10.4 Å². The van der Waals surface area contributed by atoms with Crippen molar-refractivity contribution < 1.29 is 18.7 Å². The highest BCUT2D eigenvalue weighted by Gasteiger charge is 2.17. The maximum Gasteiger partial charge on any atom is 0.374 e. The molecule has 0 radical (unpaired) electrons. The van der Waals surface area contributed by atoms with Gasteiger partial charge in [0.15, 0.2) is 6.61 Å². The Kier molecular flexibility index (Phi) is 4.88. The molecule has 1 amide bonds. The number of nitrogens with one attached hydrogen (secondary N) is 1. The van der Waals surface area contributed by atoms with Gasteiger partial charge >= 0.3 is 5.97 Å². The lowest BCUT2D eigenvalue weighted by Gasteiger charge is -2.07. The van der Waals surface area contributed by atoms with Gasteiger partial charge in [0.2, 0.25) is 5.76 Å². The first-order valence-electron chi connectivity index (χ1n) is 8.11. The Morgan fingerprint density at radius 2 is 1.85 bits per heavy atom. The quantitative estimate of drug-likeness (QED) is 0.712. The Balaban J connectivity index is 1.66. The van der Waals surface area contributed by atoms with E-state index in [-0.39, 0.29) is 5.76 Å². The highest BCUT2D eigenvalue weighted by molar-refractivity contribution is 5.95. The molecule has 7 nitrogen and oxygen atoms in total. The van der Waals surface area contributed by atoms with E-state index in [1.165, 1.54) is 6.07 Å². The number of nitrogens with zero attached hydrogens (tertiary/aromatic N) is 2. The number of amides is 1. The standard InChI is InChI=1S/C19H19N3O4/c1-12-9-10-16(26-12)19(24)25-11-17(23)20-18-13(2)21-22(14(18)3)15-7-5-4-6-8-15/h4-10H,11H2,1-3H3,(H,20,23). The van der Waals surface area contributed by atoms with E-state index < -0.39 is 18.5 Å². The molecule has 0 aliphatic rings. The summed E-state index contributed by atoms with van der Waals surface area (Å²) in [6.07, 6.45) is 0. The third-order valence-corrected chi connectivity index (χ3v) is 3.83. The largest absolute Gasteiger partial charge is 0.454 e. The first kappa shape index (κ1) is 17.5. The van der Waals surface area contributed by atoms with Crippen LogP contribution in [-0.4, -0.2) is 28.3 Å². The Labute approximate surface area is 150 Å². The molecule has 3 rings (SSSR count). The summed E-state index contributed by atoms with van der Waals surface area (Å²) in [5.41, 5.74) is 2.96. The number of esters is 1. The lowest BCUT2D eigenvalue weighted by atomic mass is 10.3. The molecule has 2 aromatic heterocycles. The number of carbonyl (C=O) groups is 2. The number of para-hydroxylation sites is 1. The number of carbonyl (C=O) groups excluding carboxylic acids is 2. The fourth-order valence-electron chi connectivity index (χ4n) is 2.57. The second-order valence-corrected chi connectivity index (χ2v) is 5.83. The highest BCUT2D eigenvalue weighted by atomic mass is 16.5. The van der Waals surface area contributed by atoms with E-state index in [1.54, 1.807) is 24.6 Å². The van der Waals surface area contributed by atoms with Crippen molar-refractivity contribution in [3.05, 3.63) is 65.4 Å². The number of rotatable bonds is 5. The van der Waals surface area contributed by atoms with Gasteiger partial charge in [0.05, 0.1) is 22.8 Å². The van der Waals surface area contributed by atoms with Gasteiger partial charge in [-0.05, 0) is 45.0 Å². The molecule has 7 heteroatoms. The van der Waals surface area contributed by atoms with Crippen molar-refractivity contribution in [2.45, 2.75) is 20.8 Å². The number of ether oxygens (including phenoxy) is 1. The van der Waals surface area contributed by atoms with Crippen molar-refractivity contribution in [1.82, 2.24) is 9.78 Å². The van der Waals surface area contributed by atoms with Crippen molar-refractivity contribution in [3.8, 4) is 5.69 Å². The Bertz CT molecular complexity index is 941. The molecule has 26 heavy (non-hydrogen) atoms. The lowest BCUT2D eigenvalue weighted by Crippen LogP contribution is -2.21. The molecular weight excluding hydrogens is 334 g/mol. The number of anilines is 1. The molecule has 2 heterocycles. The molecule has 1 N–H and O–H groups in total. The average molecular weight is 353 g/mol. The summed E-state index contributed by atoms with van der Waals surface area (Å²) in [5, 5.41) is 7.21. The summed E-state index contributed by atoms with van der Waals surface area (Å²) >= 11 is 0. The van der Waals surface area contributed by atoms with Crippen molar-refractivity contribution in [1.29, 1.82) is 0 Å². The van der Waals surface area contributed by atoms with E-state index in [4.69, 9.17) is 9.15 Å². The van der Waals surface area contributed by atoms with Crippen LogP contribution >= 0.6 is 0 Å². The van der Waals surface area contributed by atoms with Crippen molar-refractivity contribution >= 4 is 17.6 Å². The maximum atomic E-state index is 12.1. The van der Waals surface area contributed by atoms with Gasteiger partial charge in [-0.3, -0.25) is 4.79 Å². The molecule has 0 aliphatic heterocycles. The van der Waals surface area contributed by atoms with Crippen molar-refractivity contribution in [2.24, 2.45) is 0 Å². The number of hydrogen-bond acceptors (Lipinski definition) is 5. The van der Waals surface area contributed by atoms with Crippen LogP contribution in [0.3, 0.4) is 0 Å². The topological polar surface area (TPSA) is 86.4 Å². The fraction of sp³-hybridized carbons (Fsp3) is 0.211. The zero-order valence-corrected chi connectivity index (χ0v) is 14.8. The van der Waals surface area contributed by atoms with Crippen LogP contribution in [0, 0.1) is 20.8 Å². The molecule has 0 spiro atoms. The summed E-state index contributed by atoms with van der Waals surface area (Å²) in [6.45, 7) is 4.98. The molecule has 0 fully saturated rings. The highest BCUT2D eigenvalue weighted by Crippen LogP contribution is 2.22. The van der Waals surface area contributed by atoms with Gasteiger partial charge in [-0.2, -0.15) is 5.10 Å². The molecular formula is C19H19N3O4. The van der Waals surface area contributed by atoms with Crippen LogP contribution in [-0.2, 0) is 9.53 Å². The Hall–Kier alpha value is -3.35. The molecule has 0 unspecified atom stereocenters. The molecule has 0 atom stereocenters. The second-order valence-electron chi connectivity index (χ2n) is 5.83. The summed E-state index contributed by atoms with van der Waals surface area (Å²) in [6, 6.07) is 12.8. The second kappa shape index (κ2) is 7.26. The molecule has 0 saturated carbocycles. The van der Waals surface area contributed by atoms with E-state index in [0.717, 1.165) is 11.4 Å².